The Kier molecular flexibility index (Phi) is 9.00. The molecule has 3 rings (SSSR count). The van der Waals surface area contributed by atoms with E-state index >= 15 is 0 Å². The largest absolute Gasteiger partial charge is 0.444 e. The molecule has 0 saturated heterocycles. The van der Waals surface area contributed by atoms with Gasteiger partial charge >= 0.3 is 6.09 Å². The van der Waals surface area contributed by atoms with Crippen molar-refractivity contribution in [1.29, 1.82) is 0 Å². The summed E-state index contributed by atoms with van der Waals surface area (Å²) >= 11 is 0. The molecule has 10 nitrogen and oxygen atoms in total. The Morgan fingerprint density at radius 3 is 2.75 bits per heavy atom. The lowest BCUT2D eigenvalue weighted by Crippen LogP contribution is -2.41. The summed E-state index contributed by atoms with van der Waals surface area (Å²) in [6, 6.07) is 3.25. The first-order chi connectivity index (χ1) is 17.1. The first-order valence-corrected chi connectivity index (χ1v) is 11.8. The van der Waals surface area contributed by atoms with Crippen molar-refractivity contribution in [3.63, 3.8) is 0 Å². The van der Waals surface area contributed by atoms with Gasteiger partial charge in [-0.25, -0.2) is 14.8 Å². The van der Waals surface area contributed by atoms with Crippen molar-refractivity contribution in [2.45, 2.75) is 58.1 Å². The highest BCUT2D eigenvalue weighted by Crippen LogP contribution is 2.26. The molecule has 36 heavy (non-hydrogen) atoms. The minimum Gasteiger partial charge on any atom is -0.444 e. The number of likely N-dealkylation sites (N-methyl/N-ethyl adjacent to an activating group) is 1. The van der Waals surface area contributed by atoms with Crippen molar-refractivity contribution in [2.75, 3.05) is 30.8 Å². The van der Waals surface area contributed by atoms with Gasteiger partial charge in [-0.3, -0.25) is 4.79 Å². The van der Waals surface area contributed by atoms with Gasteiger partial charge in [-0.1, -0.05) is 11.8 Å². The monoisotopic (exact) mass is 497 g/mol. The van der Waals surface area contributed by atoms with E-state index in [0.717, 1.165) is 12.8 Å². The topological polar surface area (TPSA) is 121 Å². The summed E-state index contributed by atoms with van der Waals surface area (Å²) in [5, 5.41) is 9.10. The van der Waals surface area contributed by atoms with Crippen LogP contribution in [0.25, 0.3) is 0 Å². The van der Waals surface area contributed by atoms with E-state index in [0.29, 0.717) is 48.4 Å². The Bertz CT molecular complexity index is 1140. The fourth-order valence-electron chi connectivity index (χ4n) is 2.91. The molecule has 0 radical (unpaired) electrons. The molecule has 0 aromatic carbocycles. The van der Waals surface area contributed by atoms with Crippen LogP contribution in [0.2, 0.25) is 0 Å². The van der Waals surface area contributed by atoms with Gasteiger partial charge in [-0.05, 0) is 46.1 Å². The molecular weight excluding hydrogens is 465 g/mol. The molecule has 0 bridgehead atoms. The zero-order valence-electron chi connectivity index (χ0n) is 21.0. The molecule has 0 atom stereocenters. The normalized spacial score (nSPS) is 12.7. The molecule has 2 aromatic rings. The lowest BCUT2D eigenvalue weighted by Gasteiger charge is -2.24. The van der Waals surface area contributed by atoms with Gasteiger partial charge in [0.1, 0.15) is 18.0 Å². The number of hydrogen-bond donors (Lipinski definition) is 3. The van der Waals surface area contributed by atoms with Crippen LogP contribution in [0, 0.1) is 17.8 Å². The standard InChI is InChI=1S/C25H32FN7O3/c1-25(2,3)36-24(35)33(4)16-21(34)28-12-7-5-6-8-17-15-29-23(32-22(17)30-18-9-10-18)31-19-11-13-27-20(26)14-19/h11,13-15,18H,5,7,9-10,12,16H2,1-4H3,(H,28,34)(H2,27,29,30,31,32). The van der Waals surface area contributed by atoms with Gasteiger partial charge in [0.15, 0.2) is 0 Å². The second kappa shape index (κ2) is 12.2. The van der Waals surface area contributed by atoms with Gasteiger partial charge in [0, 0.05) is 44.0 Å². The minimum absolute atomic E-state index is 0.0827. The molecule has 0 unspecified atom stereocenters. The van der Waals surface area contributed by atoms with E-state index < -0.39 is 17.6 Å². The summed E-state index contributed by atoms with van der Waals surface area (Å²) in [5.74, 6) is 6.26. The van der Waals surface area contributed by atoms with Gasteiger partial charge in [-0.2, -0.15) is 9.37 Å². The van der Waals surface area contributed by atoms with Crippen LogP contribution in [0.3, 0.4) is 0 Å². The molecule has 11 heteroatoms. The molecule has 1 saturated carbocycles. The summed E-state index contributed by atoms with van der Waals surface area (Å²) in [6.45, 7) is 5.67. The van der Waals surface area contributed by atoms with E-state index in [1.54, 1.807) is 33.0 Å². The number of hydrogen-bond acceptors (Lipinski definition) is 8. The third-order valence-electron chi connectivity index (χ3n) is 4.80. The maximum absolute atomic E-state index is 13.3. The predicted octanol–water partition coefficient (Wildman–Crippen LogP) is 3.44. The summed E-state index contributed by atoms with van der Waals surface area (Å²) in [6.07, 6.45) is 5.78. The molecule has 1 fully saturated rings. The van der Waals surface area contributed by atoms with E-state index in [1.165, 1.54) is 24.2 Å². The van der Waals surface area contributed by atoms with E-state index in [1.807, 2.05) is 0 Å². The fraction of sp³-hybridized carbons (Fsp3) is 0.480. The lowest BCUT2D eigenvalue weighted by atomic mass is 10.2. The number of ether oxygens (including phenoxy) is 1. The first-order valence-electron chi connectivity index (χ1n) is 11.8. The van der Waals surface area contributed by atoms with Gasteiger partial charge in [-0.15, -0.1) is 0 Å². The molecule has 2 amide bonds. The highest BCUT2D eigenvalue weighted by molar-refractivity contribution is 5.82. The molecule has 3 N–H and O–H groups in total. The van der Waals surface area contributed by atoms with Crippen LogP contribution >= 0.6 is 0 Å². The Morgan fingerprint density at radius 2 is 2.06 bits per heavy atom. The van der Waals surface area contributed by atoms with Crippen LogP contribution in [0.1, 0.15) is 52.0 Å². The Balaban J connectivity index is 1.47. The van der Waals surface area contributed by atoms with Gasteiger partial charge in [0.05, 0.1) is 11.8 Å². The number of carbonyl (C=O) groups excluding carboxylic acids is 2. The number of nitrogens with one attached hydrogen (secondary N) is 3. The number of amides is 2. The number of carbonyl (C=O) groups is 2. The fourth-order valence-corrected chi connectivity index (χ4v) is 2.91. The third-order valence-corrected chi connectivity index (χ3v) is 4.80. The van der Waals surface area contributed by atoms with Gasteiger partial charge in [0.25, 0.3) is 0 Å². The Hall–Kier alpha value is -3.94. The lowest BCUT2D eigenvalue weighted by molar-refractivity contribution is -0.122. The highest BCUT2D eigenvalue weighted by atomic mass is 19.1. The number of halogens is 1. The van der Waals surface area contributed by atoms with Crippen molar-refractivity contribution in [1.82, 2.24) is 25.2 Å². The molecule has 2 heterocycles. The second-order valence-electron chi connectivity index (χ2n) is 9.46. The Labute approximate surface area is 210 Å². The second-order valence-corrected chi connectivity index (χ2v) is 9.46. The smallest absolute Gasteiger partial charge is 0.410 e. The number of pyridine rings is 1. The summed E-state index contributed by atoms with van der Waals surface area (Å²) in [4.78, 5) is 37.6. The molecule has 1 aliphatic carbocycles. The van der Waals surface area contributed by atoms with Gasteiger partial charge in [0.2, 0.25) is 17.8 Å². The number of rotatable bonds is 9. The maximum Gasteiger partial charge on any atom is 0.410 e. The number of aromatic nitrogens is 3. The maximum atomic E-state index is 13.3. The minimum atomic E-state index is -0.616. The van der Waals surface area contributed by atoms with Crippen LogP contribution < -0.4 is 16.0 Å². The summed E-state index contributed by atoms with van der Waals surface area (Å²) in [5.41, 5.74) is 0.546. The van der Waals surface area contributed by atoms with Crippen LogP contribution in [-0.4, -0.2) is 63.6 Å². The zero-order chi connectivity index (χ0) is 26.1. The predicted molar refractivity (Wildman–Crippen MR) is 134 cm³/mol. The van der Waals surface area contributed by atoms with Crippen LogP contribution in [0.15, 0.2) is 24.5 Å². The zero-order valence-corrected chi connectivity index (χ0v) is 21.0. The molecule has 0 aliphatic heterocycles. The van der Waals surface area contributed by atoms with Crippen molar-refractivity contribution in [3.05, 3.63) is 36.0 Å². The molecule has 0 spiro atoms. The van der Waals surface area contributed by atoms with Crippen molar-refractivity contribution in [3.8, 4) is 11.8 Å². The first kappa shape index (κ1) is 26.7. The molecular formula is C25H32FN7O3. The van der Waals surface area contributed by atoms with Crippen molar-refractivity contribution < 1.29 is 18.7 Å². The van der Waals surface area contributed by atoms with Crippen LogP contribution in [-0.2, 0) is 9.53 Å². The van der Waals surface area contributed by atoms with E-state index in [4.69, 9.17) is 4.74 Å². The quantitative estimate of drug-likeness (QED) is 0.274. The average Bonchev–Trinajstić information content (AvgIpc) is 3.60. The summed E-state index contributed by atoms with van der Waals surface area (Å²) in [7, 11) is 1.52. The SMILES string of the molecule is CN(CC(=O)NCCCC#Cc1cnc(Nc2ccnc(F)c2)nc1NC1CC1)C(=O)OC(C)(C)C. The number of anilines is 3. The molecule has 2 aromatic heterocycles. The summed E-state index contributed by atoms with van der Waals surface area (Å²) < 4.78 is 18.6. The molecule has 1 aliphatic rings. The van der Waals surface area contributed by atoms with E-state index in [9.17, 15) is 14.0 Å². The Morgan fingerprint density at radius 1 is 1.28 bits per heavy atom. The van der Waals surface area contributed by atoms with Crippen LogP contribution in [0.4, 0.5) is 26.6 Å². The number of nitrogens with zero attached hydrogens (tertiary/aromatic N) is 4. The van der Waals surface area contributed by atoms with Crippen LogP contribution in [0.5, 0.6) is 0 Å². The van der Waals surface area contributed by atoms with E-state index in [2.05, 4.69) is 42.7 Å². The average molecular weight is 498 g/mol. The number of unbranched alkanes of at least 4 members (excludes halogenated alkanes) is 1. The third kappa shape index (κ3) is 9.37. The van der Waals surface area contributed by atoms with Crippen molar-refractivity contribution >= 4 is 29.5 Å². The van der Waals surface area contributed by atoms with E-state index in [-0.39, 0.29) is 12.5 Å². The molecule has 192 valence electrons. The van der Waals surface area contributed by atoms with Gasteiger partial charge < -0.3 is 25.6 Å². The van der Waals surface area contributed by atoms with Crippen molar-refractivity contribution in [2.24, 2.45) is 0 Å². The highest BCUT2D eigenvalue weighted by Gasteiger charge is 2.23.